The molecule has 6 nitrogen and oxygen atoms in total. The van der Waals surface area contributed by atoms with Crippen molar-refractivity contribution in [2.24, 2.45) is 13.0 Å². The lowest BCUT2D eigenvalue weighted by Crippen LogP contribution is -2.36. The smallest absolute Gasteiger partial charge is 0.272 e. The van der Waals surface area contributed by atoms with E-state index in [1.54, 1.807) is 6.07 Å². The van der Waals surface area contributed by atoms with Crippen LogP contribution < -0.4 is 4.74 Å². The van der Waals surface area contributed by atoms with Gasteiger partial charge in [-0.25, -0.2) is 22.8 Å². The maximum atomic E-state index is 15.5. The second-order valence-electron chi connectivity index (χ2n) is 10.1. The monoisotopic (exact) mass is 510 g/mol. The normalized spacial score (nSPS) is 22.9. The Morgan fingerprint density at radius 2 is 1.97 bits per heavy atom. The summed E-state index contributed by atoms with van der Waals surface area (Å²) in [4.78, 5) is 19.0. The number of halogens is 4. The van der Waals surface area contributed by atoms with Crippen molar-refractivity contribution < 1.29 is 27.1 Å². The average Bonchev–Trinajstić information content (AvgIpc) is 3.04. The number of hydrogen-bond donors (Lipinski definition) is 0. The number of aromatic nitrogens is 3. The summed E-state index contributed by atoms with van der Waals surface area (Å²) < 4.78 is 60.4. The fourth-order valence-electron chi connectivity index (χ4n) is 5.26. The molecule has 0 saturated heterocycles. The predicted molar refractivity (Wildman–Crippen MR) is 126 cm³/mol. The van der Waals surface area contributed by atoms with Gasteiger partial charge in [0.1, 0.15) is 11.5 Å². The van der Waals surface area contributed by atoms with Gasteiger partial charge in [-0.15, -0.1) is 0 Å². The van der Waals surface area contributed by atoms with Crippen LogP contribution in [-0.2, 0) is 31.1 Å². The Hall–Kier alpha value is -2.49. The molecule has 0 spiro atoms. The quantitative estimate of drug-likeness (QED) is 0.441. The van der Waals surface area contributed by atoms with Gasteiger partial charge in [-0.05, 0) is 50.0 Å². The van der Waals surface area contributed by atoms with Gasteiger partial charge in [0.25, 0.3) is 6.43 Å². The summed E-state index contributed by atoms with van der Waals surface area (Å²) in [5.74, 6) is -0.159. The van der Waals surface area contributed by atoms with E-state index in [0.29, 0.717) is 57.1 Å². The van der Waals surface area contributed by atoms with E-state index in [9.17, 15) is 18.0 Å². The molecule has 198 valence electrons. The van der Waals surface area contributed by atoms with Gasteiger partial charge >= 0.3 is 0 Å². The first-order valence-corrected chi connectivity index (χ1v) is 12.7. The maximum absolute atomic E-state index is 15.5. The Labute approximate surface area is 209 Å². The molecule has 0 atom stereocenters. The topological polar surface area (TPSA) is 60.2 Å². The number of nitrogens with zero attached hydrogens (tertiary/aromatic N) is 4. The zero-order valence-corrected chi connectivity index (χ0v) is 20.7. The minimum Gasteiger partial charge on any atom is -0.472 e. The molecule has 1 saturated carbocycles. The largest absolute Gasteiger partial charge is 0.472 e. The van der Waals surface area contributed by atoms with E-state index >= 15 is 4.39 Å². The highest BCUT2D eigenvalue weighted by atomic mass is 19.3. The third-order valence-corrected chi connectivity index (χ3v) is 7.48. The molecule has 4 rings (SSSR count). The number of aryl methyl sites for hydroxylation is 1. The van der Waals surface area contributed by atoms with Gasteiger partial charge in [0.05, 0.1) is 6.20 Å². The zero-order valence-electron chi connectivity index (χ0n) is 20.7. The van der Waals surface area contributed by atoms with Crippen molar-refractivity contribution in [3.8, 4) is 5.88 Å². The fourth-order valence-corrected chi connectivity index (χ4v) is 5.26. The first-order valence-electron chi connectivity index (χ1n) is 12.7. The number of hydrogen-bond acceptors (Lipinski definition) is 5. The number of alkyl halides is 3. The molecule has 36 heavy (non-hydrogen) atoms. The van der Waals surface area contributed by atoms with Gasteiger partial charge in [0, 0.05) is 63.3 Å². The van der Waals surface area contributed by atoms with E-state index in [0.717, 1.165) is 35.4 Å². The molecule has 0 aromatic carbocycles. The standard InChI is InChI=1S/C26H34F4N4O2/c1-33-25(29)20(16-31-33)15-21(35)14-18-4-8-26(30,9-5-18)10-13-34-11-6-19-2-3-24(36-17-23(27)28)32-22(19)7-12-34/h2-3,16,18,23H,4-15,17H2,1H3. The number of carbonyl (C=O) groups excluding carboxylic acids is 1. The van der Waals surface area contributed by atoms with Gasteiger partial charge in [0.2, 0.25) is 11.8 Å². The Bertz CT molecular complexity index is 1040. The molecule has 1 aliphatic carbocycles. The second-order valence-corrected chi connectivity index (χ2v) is 10.1. The van der Waals surface area contributed by atoms with Crippen molar-refractivity contribution in [1.29, 1.82) is 0 Å². The van der Waals surface area contributed by atoms with E-state index < -0.39 is 24.6 Å². The van der Waals surface area contributed by atoms with Crippen LogP contribution in [0.3, 0.4) is 0 Å². The van der Waals surface area contributed by atoms with Crippen LogP contribution in [0.15, 0.2) is 18.3 Å². The molecule has 1 fully saturated rings. The highest BCUT2D eigenvalue weighted by Gasteiger charge is 2.36. The number of ether oxygens (including phenoxy) is 1. The summed E-state index contributed by atoms with van der Waals surface area (Å²) in [5.41, 5.74) is 1.01. The molecular formula is C26H34F4N4O2. The zero-order chi connectivity index (χ0) is 25.7. The minimum absolute atomic E-state index is 0.0289. The molecule has 0 radical (unpaired) electrons. The van der Waals surface area contributed by atoms with Crippen molar-refractivity contribution in [3.05, 3.63) is 41.1 Å². The minimum atomic E-state index is -2.54. The lowest BCUT2D eigenvalue weighted by molar-refractivity contribution is -0.119. The van der Waals surface area contributed by atoms with Crippen LogP contribution in [-0.4, -0.2) is 63.8 Å². The first-order chi connectivity index (χ1) is 17.2. The Morgan fingerprint density at radius 1 is 1.22 bits per heavy atom. The Morgan fingerprint density at radius 3 is 2.67 bits per heavy atom. The Balaban J connectivity index is 1.20. The molecule has 0 amide bonds. The molecule has 0 bridgehead atoms. The molecule has 2 aromatic rings. The van der Waals surface area contributed by atoms with E-state index in [-0.39, 0.29) is 24.0 Å². The fraction of sp³-hybridized carbons (Fsp3) is 0.654. The summed E-state index contributed by atoms with van der Waals surface area (Å²) in [6.45, 7) is 1.50. The van der Waals surface area contributed by atoms with E-state index in [1.807, 2.05) is 6.07 Å². The molecule has 10 heteroatoms. The molecular weight excluding hydrogens is 476 g/mol. The molecule has 3 heterocycles. The number of carbonyl (C=O) groups is 1. The van der Waals surface area contributed by atoms with Crippen LogP contribution in [0, 0.1) is 11.9 Å². The third kappa shape index (κ3) is 7.05. The van der Waals surface area contributed by atoms with Crippen LogP contribution in [0.2, 0.25) is 0 Å². The van der Waals surface area contributed by atoms with Gasteiger partial charge in [-0.1, -0.05) is 6.07 Å². The molecule has 1 aliphatic heterocycles. The number of fused-ring (bicyclic) bond motifs is 1. The van der Waals surface area contributed by atoms with E-state index in [2.05, 4.69) is 15.0 Å². The predicted octanol–water partition coefficient (Wildman–Crippen LogP) is 4.49. The highest BCUT2D eigenvalue weighted by molar-refractivity contribution is 5.81. The van der Waals surface area contributed by atoms with Crippen LogP contribution in [0.4, 0.5) is 17.6 Å². The highest BCUT2D eigenvalue weighted by Crippen LogP contribution is 2.39. The van der Waals surface area contributed by atoms with Crippen LogP contribution in [0.25, 0.3) is 0 Å². The van der Waals surface area contributed by atoms with Crippen molar-refractivity contribution in [3.63, 3.8) is 0 Å². The number of rotatable bonds is 10. The molecule has 2 aliphatic rings. The first kappa shape index (κ1) is 26.6. The summed E-state index contributed by atoms with van der Waals surface area (Å²) >= 11 is 0. The lowest BCUT2D eigenvalue weighted by Gasteiger charge is -2.35. The molecule has 2 aromatic heterocycles. The summed E-state index contributed by atoms with van der Waals surface area (Å²) in [6, 6.07) is 3.51. The van der Waals surface area contributed by atoms with Crippen molar-refractivity contribution in [2.45, 2.75) is 69.9 Å². The van der Waals surface area contributed by atoms with Gasteiger partial charge in [-0.2, -0.15) is 9.49 Å². The summed E-state index contributed by atoms with van der Waals surface area (Å²) in [6.07, 6.45) is 3.32. The van der Waals surface area contributed by atoms with Gasteiger partial charge in [0.15, 0.2) is 6.61 Å². The number of Topliss-reactive ketones (excluding diaryl/α,β-unsaturated/α-hetero) is 1. The second kappa shape index (κ2) is 11.7. The van der Waals surface area contributed by atoms with Crippen molar-refractivity contribution in [2.75, 3.05) is 26.2 Å². The maximum Gasteiger partial charge on any atom is 0.272 e. The van der Waals surface area contributed by atoms with E-state index in [4.69, 9.17) is 4.74 Å². The third-order valence-electron chi connectivity index (χ3n) is 7.48. The average molecular weight is 511 g/mol. The molecule has 0 unspecified atom stereocenters. The van der Waals surface area contributed by atoms with Gasteiger partial charge < -0.3 is 9.64 Å². The van der Waals surface area contributed by atoms with Crippen molar-refractivity contribution >= 4 is 5.78 Å². The number of pyridine rings is 1. The number of ketones is 1. The Kier molecular flexibility index (Phi) is 8.64. The van der Waals surface area contributed by atoms with Crippen molar-refractivity contribution in [1.82, 2.24) is 19.7 Å². The van der Waals surface area contributed by atoms with Gasteiger partial charge in [-0.3, -0.25) is 4.79 Å². The SMILES string of the molecule is Cn1ncc(CC(=O)CC2CCC(F)(CCN3CCc4ccc(OCC(F)F)nc4CC3)CC2)c1F. The van der Waals surface area contributed by atoms with Crippen LogP contribution >= 0.6 is 0 Å². The lowest BCUT2D eigenvalue weighted by atomic mass is 9.76. The summed E-state index contributed by atoms with van der Waals surface area (Å²) in [7, 11) is 1.50. The van der Waals surface area contributed by atoms with Crippen LogP contribution in [0.5, 0.6) is 5.88 Å². The molecule has 0 N–H and O–H groups in total. The van der Waals surface area contributed by atoms with Crippen LogP contribution in [0.1, 0.15) is 55.3 Å². The van der Waals surface area contributed by atoms with E-state index in [1.165, 1.54) is 13.2 Å². The summed E-state index contributed by atoms with van der Waals surface area (Å²) in [5, 5.41) is 3.83.